The molecule has 1 atom stereocenters. The lowest BCUT2D eigenvalue weighted by atomic mass is 10.1. The smallest absolute Gasteiger partial charge is 0.274 e. The second kappa shape index (κ2) is 8.22. The van der Waals surface area contributed by atoms with Crippen LogP contribution in [0.2, 0.25) is 0 Å². The number of nitrogens with zero attached hydrogens (tertiary/aromatic N) is 2. The number of aryl methyl sites for hydroxylation is 1. The van der Waals surface area contributed by atoms with Gasteiger partial charge in [0.25, 0.3) is 11.5 Å². The second-order valence-electron chi connectivity index (χ2n) is 6.14. The molecule has 1 aliphatic rings. The predicted octanol–water partition coefficient (Wildman–Crippen LogP) is 1.25. The molecule has 1 saturated heterocycles. The van der Waals surface area contributed by atoms with Crippen molar-refractivity contribution in [3.8, 4) is 0 Å². The van der Waals surface area contributed by atoms with Gasteiger partial charge < -0.3 is 14.8 Å². The van der Waals surface area contributed by atoms with Crippen LogP contribution in [0.15, 0.2) is 29.1 Å². The molecule has 0 radical (unpaired) electrons. The molecule has 1 aliphatic heterocycles. The number of aromatic nitrogens is 2. The molecule has 0 saturated carbocycles. The van der Waals surface area contributed by atoms with Crippen molar-refractivity contribution in [2.24, 2.45) is 7.05 Å². The first-order valence-electron chi connectivity index (χ1n) is 8.60. The van der Waals surface area contributed by atoms with E-state index in [2.05, 4.69) is 10.4 Å². The summed E-state index contributed by atoms with van der Waals surface area (Å²) in [7, 11) is 1.55. The van der Waals surface area contributed by atoms with Gasteiger partial charge in [0, 0.05) is 32.2 Å². The molecular weight excluding hydrogens is 322 g/mol. The minimum absolute atomic E-state index is 0.213. The molecule has 7 heteroatoms. The molecule has 0 spiro atoms. The lowest BCUT2D eigenvalue weighted by molar-refractivity contribution is 0.0166. The minimum atomic E-state index is -0.286. The topological polar surface area (TPSA) is 82.5 Å². The van der Waals surface area contributed by atoms with Crippen molar-refractivity contribution in [2.75, 3.05) is 26.4 Å². The molecule has 3 rings (SSSR count). The van der Waals surface area contributed by atoms with Gasteiger partial charge in [-0.15, -0.1) is 0 Å². The summed E-state index contributed by atoms with van der Waals surface area (Å²) in [5.41, 5.74) is 0.0488. The summed E-state index contributed by atoms with van der Waals surface area (Å²) in [5.74, 6) is -0.286. The third kappa shape index (κ3) is 4.24. The molecular formula is C18H23N3O4. The van der Waals surface area contributed by atoms with Crippen molar-refractivity contribution < 1.29 is 14.3 Å². The molecule has 25 heavy (non-hydrogen) atoms. The van der Waals surface area contributed by atoms with Gasteiger partial charge in [-0.25, -0.2) is 4.68 Å². The fourth-order valence-corrected chi connectivity index (χ4v) is 2.92. The molecule has 1 aromatic heterocycles. The maximum absolute atomic E-state index is 12.4. The van der Waals surface area contributed by atoms with Crippen LogP contribution in [0.4, 0.5) is 0 Å². The van der Waals surface area contributed by atoms with Gasteiger partial charge in [0.15, 0.2) is 5.69 Å². The second-order valence-corrected chi connectivity index (χ2v) is 6.14. The molecule has 1 fully saturated rings. The van der Waals surface area contributed by atoms with Crippen LogP contribution >= 0.6 is 0 Å². The van der Waals surface area contributed by atoms with Crippen LogP contribution in [0.1, 0.15) is 29.8 Å². The average molecular weight is 345 g/mol. The SMILES string of the molecule is Cn1nc(C(=O)NCCCOCC2CCCO2)c2ccccc2c1=O. The highest BCUT2D eigenvalue weighted by molar-refractivity contribution is 6.04. The van der Waals surface area contributed by atoms with E-state index in [9.17, 15) is 9.59 Å². The first kappa shape index (κ1) is 17.6. The average Bonchev–Trinajstić information content (AvgIpc) is 3.14. The van der Waals surface area contributed by atoms with Gasteiger partial charge in [0.05, 0.1) is 18.1 Å². The van der Waals surface area contributed by atoms with E-state index in [1.807, 2.05) is 0 Å². The molecule has 1 unspecified atom stereocenters. The fourth-order valence-electron chi connectivity index (χ4n) is 2.92. The highest BCUT2D eigenvalue weighted by Crippen LogP contribution is 2.13. The van der Waals surface area contributed by atoms with Gasteiger partial charge in [-0.1, -0.05) is 18.2 Å². The Bertz CT molecular complexity index is 796. The van der Waals surface area contributed by atoms with E-state index in [0.29, 0.717) is 37.0 Å². The quantitative estimate of drug-likeness (QED) is 0.764. The lowest BCUT2D eigenvalue weighted by Crippen LogP contribution is -2.30. The number of fused-ring (bicyclic) bond motifs is 1. The Morgan fingerprint density at radius 2 is 2.20 bits per heavy atom. The highest BCUT2D eigenvalue weighted by atomic mass is 16.5. The fraction of sp³-hybridized carbons (Fsp3) is 0.500. The summed E-state index contributed by atoms with van der Waals surface area (Å²) >= 11 is 0. The number of carbonyl (C=O) groups excluding carboxylic acids is 1. The normalized spacial score (nSPS) is 17.1. The zero-order valence-corrected chi connectivity index (χ0v) is 14.4. The zero-order chi connectivity index (χ0) is 17.6. The van der Waals surface area contributed by atoms with Crippen LogP contribution in [0.3, 0.4) is 0 Å². The van der Waals surface area contributed by atoms with E-state index < -0.39 is 0 Å². The summed E-state index contributed by atoms with van der Waals surface area (Å²) in [6, 6.07) is 7.01. The summed E-state index contributed by atoms with van der Waals surface area (Å²) < 4.78 is 12.3. The number of amides is 1. The Labute approximate surface area is 145 Å². The Hall–Kier alpha value is -2.25. The standard InChI is InChI=1S/C18H23N3O4/c1-21-18(23)15-8-3-2-7-14(15)16(20-21)17(22)19-9-5-10-24-12-13-6-4-11-25-13/h2-3,7-8,13H,4-6,9-12H2,1H3,(H,19,22). The number of carbonyl (C=O) groups is 1. The minimum Gasteiger partial charge on any atom is -0.379 e. The number of rotatable bonds is 7. The van der Waals surface area contributed by atoms with Crippen molar-refractivity contribution in [2.45, 2.75) is 25.4 Å². The highest BCUT2D eigenvalue weighted by Gasteiger charge is 2.16. The first-order valence-corrected chi connectivity index (χ1v) is 8.60. The van der Waals surface area contributed by atoms with E-state index in [0.717, 1.165) is 19.4 Å². The molecule has 1 amide bonds. The number of hydrogen-bond donors (Lipinski definition) is 1. The summed E-state index contributed by atoms with van der Waals surface area (Å²) in [4.78, 5) is 24.5. The van der Waals surface area contributed by atoms with Crippen LogP contribution < -0.4 is 10.9 Å². The van der Waals surface area contributed by atoms with Crippen LogP contribution in [-0.2, 0) is 16.5 Å². The molecule has 134 valence electrons. The predicted molar refractivity (Wildman–Crippen MR) is 93.7 cm³/mol. The van der Waals surface area contributed by atoms with Crippen molar-refractivity contribution >= 4 is 16.7 Å². The van der Waals surface area contributed by atoms with E-state index in [-0.39, 0.29) is 23.3 Å². The number of benzene rings is 1. The molecule has 2 aromatic rings. The van der Waals surface area contributed by atoms with Crippen molar-refractivity contribution in [3.05, 3.63) is 40.3 Å². The zero-order valence-electron chi connectivity index (χ0n) is 14.4. The molecule has 0 bridgehead atoms. The Balaban J connectivity index is 1.52. The summed E-state index contributed by atoms with van der Waals surface area (Å²) in [6.45, 7) is 2.50. The first-order chi connectivity index (χ1) is 12.2. The Morgan fingerprint density at radius 1 is 1.40 bits per heavy atom. The van der Waals surface area contributed by atoms with Crippen LogP contribution in [0.5, 0.6) is 0 Å². The van der Waals surface area contributed by atoms with Gasteiger partial charge in [-0.3, -0.25) is 9.59 Å². The number of ether oxygens (including phenoxy) is 2. The monoisotopic (exact) mass is 345 g/mol. The van der Waals surface area contributed by atoms with Gasteiger partial charge in [0.2, 0.25) is 0 Å². The summed E-state index contributed by atoms with van der Waals surface area (Å²) in [5, 5.41) is 8.01. The van der Waals surface area contributed by atoms with Crippen molar-refractivity contribution in [1.82, 2.24) is 15.1 Å². The van der Waals surface area contributed by atoms with E-state index in [1.165, 1.54) is 4.68 Å². The molecule has 1 aromatic carbocycles. The maximum Gasteiger partial charge on any atom is 0.274 e. The molecule has 0 aliphatic carbocycles. The number of nitrogens with one attached hydrogen (secondary N) is 1. The number of hydrogen-bond acceptors (Lipinski definition) is 5. The Morgan fingerprint density at radius 3 is 2.96 bits per heavy atom. The van der Waals surface area contributed by atoms with Crippen molar-refractivity contribution in [3.63, 3.8) is 0 Å². The lowest BCUT2D eigenvalue weighted by Gasteiger charge is -2.11. The van der Waals surface area contributed by atoms with Crippen LogP contribution in [0.25, 0.3) is 10.8 Å². The largest absolute Gasteiger partial charge is 0.379 e. The van der Waals surface area contributed by atoms with Gasteiger partial charge >= 0.3 is 0 Å². The van der Waals surface area contributed by atoms with E-state index >= 15 is 0 Å². The van der Waals surface area contributed by atoms with Gasteiger partial charge in [-0.05, 0) is 25.3 Å². The third-order valence-electron chi connectivity index (χ3n) is 4.25. The third-order valence-corrected chi connectivity index (χ3v) is 4.25. The summed E-state index contributed by atoms with van der Waals surface area (Å²) in [6.07, 6.45) is 3.09. The maximum atomic E-state index is 12.4. The van der Waals surface area contributed by atoms with E-state index in [4.69, 9.17) is 9.47 Å². The molecule has 1 N–H and O–H groups in total. The van der Waals surface area contributed by atoms with Crippen LogP contribution in [0, 0.1) is 0 Å². The Kier molecular flexibility index (Phi) is 5.78. The van der Waals surface area contributed by atoms with Gasteiger partial charge in [-0.2, -0.15) is 5.10 Å². The van der Waals surface area contributed by atoms with Crippen molar-refractivity contribution in [1.29, 1.82) is 0 Å². The van der Waals surface area contributed by atoms with E-state index in [1.54, 1.807) is 31.3 Å². The van der Waals surface area contributed by atoms with Gasteiger partial charge in [0.1, 0.15) is 0 Å². The van der Waals surface area contributed by atoms with Crippen LogP contribution in [-0.4, -0.2) is 48.2 Å². The molecule has 2 heterocycles. The molecule has 7 nitrogen and oxygen atoms in total.